The van der Waals surface area contributed by atoms with E-state index in [1.807, 2.05) is 36.4 Å². The Hall–Kier alpha value is -6.33. The number of esters is 1. The molecule has 11 heteroatoms. The first kappa shape index (κ1) is 36.9. The lowest BCUT2D eigenvalue weighted by Crippen LogP contribution is -2.30. The third kappa shape index (κ3) is 9.89. The molecule has 0 heterocycles. The molecule has 5 aromatic rings. The molecule has 52 heavy (non-hydrogen) atoms. The number of methoxy groups -OCH3 is 2. The summed E-state index contributed by atoms with van der Waals surface area (Å²) in [5.41, 5.74) is 3.09. The number of carbonyl (C=O) groups excluding carboxylic acids is 4. The molecule has 0 saturated heterocycles. The summed E-state index contributed by atoms with van der Waals surface area (Å²) in [6.45, 7) is 2.00. The number of benzene rings is 5. The maximum atomic E-state index is 13.8. The van der Waals surface area contributed by atoms with Gasteiger partial charge in [-0.2, -0.15) is 0 Å². The van der Waals surface area contributed by atoms with Crippen LogP contribution in [0.1, 0.15) is 44.0 Å². The average Bonchev–Trinajstić information content (AvgIpc) is 3.17. The van der Waals surface area contributed by atoms with Crippen molar-refractivity contribution in [1.29, 1.82) is 0 Å². The summed E-state index contributed by atoms with van der Waals surface area (Å²) in [4.78, 5) is 53.4. The third-order valence-electron chi connectivity index (χ3n) is 7.60. The van der Waals surface area contributed by atoms with Crippen LogP contribution >= 0.6 is 11.8 Å². The van der Waals surface area contributed by atoms with E-state index in [-0.39, 0.29) is 18.2 Å². The molecule has 1 atom stereocenters. The molecule has 0 fully saturated rings. The minimum absolute atomic E-state index is 0.00496. The molecule has 0 aliphatic heterocycles. The van der Waals surface area contributed by atoms with Crippen LogP contribution in [0, 0.1) is 0 Å². The number of rotatable bonds is 14. The largest absolute Gasteiger partial charge is 0.493 e. The summed E-state index contributed by atoms with van der Waals surface area (Å²) in [5, 5.41) is 7.91. The molecule has 1 unspecified atom stereocenters. The van der Waals surface area contributed by atoms with Crippen LogP contribution in [0.15, 0.2) is 138 Å². The van der Waals surface area contributed by atoms with Crippen molar-refractivity contribution >= 4 is 52.9 Å². The number of hydrogen-bond donors (Lipinski definition) is 3. The number of thioether (sulfide) groups is 1. The van der Waals surface area contributed by atoms with Crippen molar-refractivity contribution in [2.45, 2.75) is 17.1 Å². The highest BCUT2D eigenvalue weighted by Crippen LogP contribution is 2.37. The zero-order valence-electron chi connectivity index (χ0n) is 28.8. The van der Waals surface area contributed by atoms with Crippen molar-refractivity contribution in [2.75, 3.05) is 31.5 Å². The number of ether oxygens (including phenoxy) is 3. The lowest BCUT2D eigenvalue weighted by molar-refractivity contribution is -0.116. The number of hydrogen-bond acceptors (Lipinski definition) is 8. The van der Waals surface area contributed by atoms with Crippen LogP contribution in [0.25, 0.3) is 6.08 Å². The van der Waals surface area contributed by atoms with E-state index in [0.29, 0.717) is 44.5 Å². The summed E-state index contributed by atoms with van der Waals surface area (Å²) in [6, 6.07) is 36.6. The van der Waals surface area contributed by atoms with Gasteiger partial charge in [-0.15, -0.1) is 11.8 Å². The van der Waals surface area contributed by atoms with Gasteiger partial charge in [0.05, 0.1) is 26.4 Å². The van der Waals surface area contributed by atoms with Gasteiger partial charge in [0.2, 0.25) is 5.91 Å². The van der Waals surface area contributed by atoms with E-state index in [4.69, 9.17) is 14.2 Å². The monoisotopic (exact) mass is 715 g/mol. The highest BCUT2D eigenvalue weighted by atomic mass is 32.2. The maximum Gasteiger partial charge on any atom is 0.338 e. The van der Waals surface area contributed by atoms with Gasteiger partial charge >= 0.3 is 5.97 Å². The number of nitrogens with one attached hydrogen (secondary N) is 3. The lowest BCUT2D eigenvalue weighted by Gasteiger charge is -2.18. The van der Waals surface area contributed by atoms with Gasteiger partial charge in [-0.3, -0.25) is 14.4 Å². The molecule has 264 valence electrons. The van der Waals surface area contributed by atoms with E-state index in [1.54, 1.807) is 104 Å². The SMILES string of the molecule is CCOC(=O)c1ccc(NC(=O)C(Sc2cccc(NC(=O)/C(=C\c3ccc(OC)c(OC)c3)NC(=O)c3ccccc3)c2)c2ccccc2)cc1. The molecule has 0 spiro atoms. The minimum Gasteiger partial charge on any atom is -0.493 e. The van der Waals surface area contributed by atoms with Gasteiger partial charge < -0.3 is 30.2 Å². The van der Waals surface area contributed by atoms with Crippen molar-refractivity contribution in [3.05, 3.63) is 155 Å². The van der Waals surface area contributed by atoms with Crippen molar-refractivity contribution in [3.63, 3.8) is 0 Å². The Labute approximate surface area is 306 Å². The second kappa shape index (κ2) is 18.1. The van der Waals surface area contributed by atoms with Crippen LogP contribution in [0.4, 0.5) is 11.4 Å². The molecule has 0 radical (unpaired) electrons. The molecule has 3 amide bonds. The molecule has 0 aliphatic rings. The Balaban J connectivity index is 1.37. The first-order valence-electron chi connectivity index (χ1n) is 16.3. The molecule has 5 aromatic carbocycles. The fourth-order valence-electron chi connectivity index (χ4n) is 5.05. The molecular formula is C41H37N3O7S. The maximum absolute atomic E-state index is 13.8. The van der Waals surface area contributed by atoms with Crippen LogP contribution in [-0.2, 0) is 14.3 Å². The standard InChI is InChI=1S/C41H37N3O7S/c1-4-51-41(48)30-19-21-31(22-20-30)42-40(47)37(28-12-7-5-8-13-28)52-33-17-11-16-32(26-33)43-39(46)34(44-38(45)29-14-9-6-10-15-29)24-27-18-23-35(49-2)36(25-27)50-3/h5-26,37H,4H2,1-3H3,(H,42,47)(H,43,46)(H,44,45)/b34-24+. The zero-order valence-corrected chi connectivity index (χ0v) is 29.6. The van der Waals surface area contributed by atoms with Crippen molar-refractivity contribution < 1.29 is 33.4 Å². The zero-order chi connectivity index (χ0) is 36.9. The summed E-state index contributed by atoms with van der Waals surface area (Å²) >= 11 is 1.30. The Bertz CT molecular complexity index is 2050. The first-order valence-corrected chi connectivity index (χ1v) is 17.2. The third-order valence-corrected chi connectivity index (χ3v) is 8.85. The average molecular weight is 716 g/mol. The fourth-order valence-corrected chi connectivity index (χ4v) is 6.13. The molecular weight excluding hydrogens is 679 g/mol. The van der Waals surface area contributed by atoms with Gasteiger partial charge in [0.15, 0.2) is 11.5 Å². The highest BCUT2D eigenvalue weighted by Gasteiger charge is 2.23. The van der Waals surface area contributed by atoms with Crippen molar-refractivity contribution in [3.8, 4) is 11.5 Å². The summed E-state index contributed by atoms with van der Waals surface area (Å²) in [5.74, 6) is -0.766. The highest BCUT2D eigenvalue weighted by molar-refractivity contribution is 8.00. The van der Waals surface area contributed by atoms with Gasteiger partial charge in [-0.05, 0) is 90.9 Å². The van der Waals surface area contributed by atoms with E-state index in [1.165, 1.54) is 26.0 Å². The van der Waals surface area contributed by atoms with E-state index in [9.17, 15) is 19.2 Å². The number of amides is 3. The smallest absolute Gasteiger partial charge is 0.338 e. The molecule has 0 bridgehead atoms. The van der Waals surface area contributed by atoms with Gasteiger partial charge in [-0.1, -0.05) is 60.7 Å². The second-order valence-electron chi connectivity index (χ2n) is 11.2. The fraction of sp³-hybridized carbons (Fsp3) is 0.122. The molecule has 10 nitrogen and oxygen atoms in total. The predicted molar refractivity (Wildman–Crippen MR) is 203 cm³/mol. The minimum atomic E-state index is -0.664. The summed E-state index contributed by atoms with van der Waals surface area (Å²) < 4.78 is 15.8. The van der Waals surface area contributed by atoms with Crippen molar-refractivity contribution in [2.24, 2.45) is 0 Å². The Kier molecular flexibility index (Phi) is 12.8. The summed E-state index contributed by atoms with van der Waals surface area (Å²) in [7, 11) is 3.04. The number of anilines is 2. The predicted octanol–water partition coefficient (Wildman–Crippen LogP) is 7.76. The van der Waals surface area contributed by atoms with E-state index in [2.05, 4.69) is 16.0 Å². The van der Waals surface area contributed by atoms with E-state index < -0.39 is 23.0 Å². The van der Waals surface area contributed by atoms with Crippen LogP contribution in [0.3, 0.4) is 0 Å². The topological polar surface area (TPSA) is 132 Å². The van der Waals surface area contributed by atoms with Crippen LogP contribution in [0.2, 0.25) is 0 Å². The van der Waals surface area contributed by atoms with Crippen LogP contribution in [-0.4, -0.2) is 44.5 Å². The van der Waals surface area contributed by atoms with Gasteiger partial charge in [-0.25, -0.2) is 4.79 Å². The van der Waals surface area contributed by atoms with Gasteiger partial charge in [0, 0.05) is 21.8 Å². The Morgan fingerprint density at radius 2 is 1.38 bits per heavy atom. The van der Waals surface area contributed by atoms with E-state index >= 15 is 0 Å². The summed E-state index contributed by atoms with van der Waals surface area (Å²) in [6.07, 6.45) is 1.55. The van der Waals surface area contributed by atoms with E-state index in [0.717, 1.165) is 5.56 Å². The molecule has 3 N–H and O–H groups in total. The van der Waals surface area contributed by atoms with Gasteiger partial charge in [0.1, 0.15) is 10.9 Å². The van der Waals surface area contributed by atoms with Crippen LogP contribution in [0.5, 0.6) is 11.5 Å². The quantitative estimate of drug-likeness (QED) is 0.0604. The van der Waals surface area contributed by atoms with Crippen LogP contribution < -0.4 is 25.4 Å². The normalized spacial score (nSPS) is 11.5. The Morgan fingerprint density at radius 1 is 0.692 bits per heavy atom. The Morgan fingerprint density at radius 3 is 2.06 bits per heavy atom. The number of carbonyl (C=O) groups is 4. The first-order chi connectivity index (χ1) is 25.3. The van der Waals surface area contributed by atoms with Gasteiger partial charge in [0.25, 0.3) is 11.8 Å². The molecule has 0 aromatic heterocycles. The molecule has 5 rings (SSSR count). The second-order valence-corrected chi connectivity index (χ2v) is 12.3. The molecule has 0 aliphatic carbocycles. The van der Waals surface area contributed by atoms with Crippen molar-refractivity contribution in [1.82, 2.24) is 5.32 Å². The lowest BCUT2D eigenvalue weighted by atomic mass is 10.1. The molecule has 0 saturated carbocycles.